The predicted octanol–water partition coefficient (Wildman–Crippen LogP) is 2.97. The maximum absolute atomic E-state index is 13.8. The number of aromatic hydroxyl groups is 1. The summed E-state index contributed by atoms with van der Waals surface area (Å²) in [6.45, 7) is -0.805. The Hall–Kier alpha value is -0.146. The Morgan fingerprint density at radius 2 is 2.14 bits per heavy atom. The zero-order chi connectivity index (χ0) is 14.9. The zero-order valence-electron chi connectivity index (χ0n) is 10.7. The van der Waals surface area contributed by atoms with E-state index in [2.05, 4.69) is 6.08 Å². The van der Waals surface area contributed by atoms with E-state index in [-0.39, 0.29) is 56.1 Å². The van der Waals surface area contributed by atoms with Gasteiger partial charge in [-0.25, -0.2) is 19.2 Å². The molecule has 0 saturated heterocycles. The van der Waals surface area contributed by atoms with Gasteiger partial charge in [0.1, 0.15) is 5.75 Å². The molecule has 1 atom stereocenters. The van der Waals surface area contributed by atoms with E-state index in [0.717, 1.165) is 11.0 Å². The van der Waals surface area contributed by atoms with Gasteiger partial charge in [0.05, 0.1) is 16.3 Å². The van der Waals surface area contributed by atoms with Crippen LogP contribution in [0.2, 0.25) is 0 Å². The van der Waals surface area contributed by atoms with Gasteiger partial charge in [0.2, 0.25) is 5.91 Å². The molecule has 1 aliphatic rings. The van der Waals surface area contributed by atoms with E-state index in [1.165, 1.54) is 12.1 Å². The van der Waals surface area contributed by atoms with E-state index in [0.29, 0.717) is 0 Å². The van der Waals surface area contributed by atoms with Crippen LogP contribution in [-0.2, 0) is 37.5 Å². The van der Waals surface area contributed by atoms with E-state index in [1.54, 1.807) is 0 Å². The first-order valence-electron chi connectivity index (χ1n) is 5.73. The number of allylic oxidation sites excluding steroid dienone is 1. The summed E-state index contributed by atoms with van der Waals surface area (Å²) in [5.41, 5.74) is -0.0270. The summed E-state index contributed by atoms with van der Waals surface area (Å²) in [4.78, 5) is 12.8. The zero-order valence-corrected chi connectivity index (χ0v) is 15.7. The number of phenols is 1. The van der Waals surface area contributed by atoms with Gasteiger partial charge in [-0.3, -0.25) is 4.79 Å². The smallest absolute Gasteiger partial charge is 0.256 e. The first-order chi connectivity index (χ1) is 9.40. The first-order valence-corrected chi connectivity index (χ1v) is 6.98. The van der Waals surface area contributed by atoms with Crippen molar-refractivity contribution in [3.63, 3.8) is 0 Å². The van der Waals surface area contributed by atoms with Crippen LogP contribution in [0.1, 0.15) is 12.0 Å². The van der Waals surface area contributed by atoms with Gasteiger partial charge in [0.15, 0.2) is 0 Å². The van der Waals surface area contributed by atoms with Crippen molar-refractivity contribution in [3.05, 3.63) is 35.7 Å². The number of halogens is 4. The largest absolute Gasteiger partial charge is 0.508 e. The fraction of sp³-hybridized carbons (Fsp3) is 0.308. The topological polar surface area (TPSA) is 40.5 Å². The molecule has 1 amide bonds. The number of carbonyl (C=O) groups excluding carboxylic acids is 1. The number of benzene rings is 1. The van der Waals surface area contributed by atoms with Gasteiger partial charge in [-0.1, -0.05) is 29.0 Å². The molecular weight excluding hydrogens is 475 g/mol. The first kappa shape index (κ1) is 18.9. The van der Waals surface area contributed by atoms with Crippen molar-refractivity contribution in [2.75, 3.05) is 6.54 Å². The molecule has 2 rings (SSSR count). The van der Waals surface area contributed by atoms with Crippen molar-refractivity contribution in [1.29, 1.82) is 0 Å². The summed E-state index contributed by atoms with van der Waals surface area (Å²) < 4.78 is 38.5. The summed E-state index contributed by atoms with van der Waals surface area (Å²) in [5, 5.41) is 9.17. The SMILES string of the molecule is O=C1C(I)C[C-]=C(c2ccc(O)cc2F)N1CC(F)F.[Y]. The summed E-state index contributed by atoms with van der Waals surface area (Å²) >= 11 is 1.84. The fourth-order valence-corrected chi connectivity index (χ4v) is 2.46. The number of carbonyl (C=O) groups is 1. The monoisotopic (exact) mass is 485 g/mol. The number of amides is 1. The van der Waals surface area contributed by atoms with Gasteiger partial charge in [0, 0.05) is 32.7 Å². The minimum atomic E-state index is -2.72. The normalized spacial score (nSPS) is 18.5. The Kier molecular flexibility index (Phi) is 7.13. The number of hydrogen-bond acceptors (Lipinski definition) is 2. The van der Waals surface area contributed by atoms with Crippen molar-refractivity contribution < 1.29 is 55.8 Å². The van der Waals surface area contributed by atoms with Gasteiger partial charge in [-0.15, -0.1) is 17.3 Å². The Bertz CT molecular complexity index is 568. The maximum Gasteiger partial charge on any atom is 0.256 e. The van der Waals surface area contributed by atoms with Crippen molar-refractivity contribution in [1.82, 2.24) is 4.90 Å². The second kappa shape index (κ2) is 7.92. The minimum absolute atomic E-state index is 0. The molecule has 1 radical (unpaired) electrons. The molecule has 1 aromatic carbocycles. The molecule has 1 N–H and O–H groups in total. The van der Waals surface area contributed by atoms with Gasteiger partial charge in [-0.05, 0) is 12.1 Å². The molecule has 0 spiro atoms. The van der Waals surface area contributed by atoms with E-state index >= 15 is 0 Å². The molecule has 111 valence electrons. The third kappa shape index (κ3) is 4.42. The van der Waals surface area contributed by atoms with Crippen LogP contribution in [0, 0.1) is 11.9 Å². The van der Waals surface area contributed by atoms with Crippen molar-refractivity contribution in [2.45, 2.75) is 16.8 Å². The van der Waals surface area contributed by atoms with Crippen LogP contribution in [0.4, 0.5) is 13.2 Å². The molecule has 0 aromatic heterocycles. The van der Waals surface area contributed by atoms with Crippen LogP contribution in [0.15, 0.2) is 18.2 Å². The van der Waals surface area contributed by atoms with Crippen LogP contribution < -0.4 is 0 Å². The van der Waals surface area contributed by atoms with Gasteiger partial charge in [-0.2, -0.15) is 0 Å². The summed E-state index contributed by atoms with van der Waals surface area (Å²) in [7, 11) is 0. The van der Waals surface area contributed by atoms with E-state index in [4.69, 9.17) is 5.11 Å². The van der Waals surface area contributed by atoms with Crippen molar-refractivity contribution in [3.8, 4) is 5.75 Å². The van der Waals surface area contributed by atoms with Crippen LogP contribution in [0.3, 0.4) is 0 Å². The molecule has 1 aliphatic heterocycles. The maximum atomic E-state index is 13.8. The number of phenolic OH excluding ortho intramolecular Hbond substituents is 1. The van der Waals surface area contributed by atoms with E-state index in [1.807, 2.05) is 22.6 Å². The third-order valence-corrected chi connectivity index (χ3v) is 3.75. The molecule has 0 saturated carbocycles. The van der Waals surface area contributed by atoms with Gasteiger partial charge >= 0.3 is 0 Å². The Balaban J connectivity index is 0.00000220. The number of hydrogen-bond donors (Lipinski definition) is 1. The molecular formula is C13H10F3INO2Y-. The summed E-state index contributed by atoms with van der Waals surface area (Å²) in [6.07, 6.45) is 0.297. The van der Waals surface area contributed by atoms with Crippen LogP contribution in [0.5, 0.6) is 5.75 Å². The molecule has 0 fully saturated rings. The summed E-state index contributed by atoms with van der Waals surface area (Å²) in [5.74, 6) is -1.56. The molecule has 3 nitrogen and oxygen atoms in total. The molecule has 1 heterocycles. The molecule has 21 heavy (non-hydrogen) atoms. The van der Waals surface area contributed by atoms with E-state index < -0.39 is 28.6 Å². The van der Waals surface area contributed by atoms with Crippen molar-refractivity contribution in [2.24, 2.45) is 0 Å². The van der Waals surface area contributed by atoms with Gasteiger partial charge in [0.25, 0.3) is 6.43 Å². The Morgan fingerprint density at radius 1 is 1.48 bits per heavy atom. The Morgan fingerprint density at radius 3 is 2.71 bits per heavy atom. The Labute approximate surface area is 158 Å². The molecule has 1 unspecified atom stereocenters. The van der Waals surface area contributed by atoms with Crippen molar-refractivity contribution >= 4 is 34.2 Å². The standard InChI is InChI=1S/C13H10F3INO2.Y/c14-9-5-7(19)1-2-8(9)11-4-3-10(17)13(20)18(11)6-12(15)16;/h1-2,5,10,12,19H,3,6H2;/q-1;. The number of rotatable bonds is 3. The molecule has 0 bridgehead atoms. The second-order valence-corrected chi connectivity index (χ2v) is 5.70. The minimum Gasteiger partial charge on any atom is -0.508 e. The predicted molar refractivity (Wildman–Crippen MR) is 74.9 cm³/mol. The van der Waals surface area contributed by atoms with Crippen LogP contribution in [-0.4, -0.2) is 32.8 Å². The third-order valence-electron chi connectivity index (χ3n) is 2.78. The van der Waals surface area contributed by atoms with Gasteiger partial charge < -0.3 is 10.0 Å². The van der Waals surface area contributed by atoms with Crippen LogP contribution in [0.25, 0.3) is 5.70 Å². The quantitative estimate of drug-likeness (QED) is 0.407. The summed E-state index contributed by atoms with van der Waals surface area (Å²) in [6, 6.07) is 3.34. The average molecular weight is 485 g/mol. The second-order valence-electron chi connectivity index (χ2n) is 4.20. The number of alkyl halides is 3. The fourth-order valence-electron chi connectivity index (χ4n) is 1.90. The van der Waals surface area contributed by atoms with E-state index in [9.17, 15) is 18.0 Å². The molecule has 8 heteroatoms. The van der Waals surface area contributed by atoms with Crippen LogP contribution >= 0.6 is 22.6 Å². The average Bonchev–Trinajstić information content (AvgIpc) is 2.36. The number of nitrogens with zero attached hydrogens (tertiary/aromatic N) is 1. The molecule has 1 aromatic rings. The molecule has 0 aliphatic carbocycles.